The monoisotopic (exact) mass is 433 g/mol. The highest BCUT2D eigenvalue weighted by Gasteiger charge is 2.13. The minimum Gasteiger partial charge on any atom is -0.497 e. The summed E-state index contributed by atoms with van der Waals surface area (Å²) in [5.41, 5.74) is 8.09. The first-order valence-electron chi connectivity index (χ1n) is 9.41. The molecule has 0 aliphatic carbocycles. The second-order valence-corrected chi connectivity index (χ2v) is 7.44. The normalized spacial score (nSPS) is 10.5. The largest absolute Gasteiger partial charge is 0.497 e. The van der Waals surface area contributed by atoms with Gasteiger partial charge in [-0.1, -0.05) is 30.3 Å². The molecular weight excluding hydrogens is 414 g/mol. The number of nitrogens with one attached hydrogen (secondary N) is 3. The van der Waals surface area contributed by atoms with Crippen molar-refractivity contribution in [2.24, 2.45) is 0 Å². The third-order valence-corrected chi connectivity index (χ3v) is 5.38. The fourth-order valence-corrected chi connectivity index (χ4v) is 3.68. The molecule has 31 heavy (non-hydrogen) atoms. The van der Waals surface area contributed by atoms with Crippen molar-refractivity contribution in [1.82, 2.24) is 26.0 Å². The van der Waals surface area contributed by atoms with Crippen molar-refractivity contribution < 1.29 is 14.3 Å². The number of carbonyl (C=O) groups is 2. The molecule has 0 spiro atoms. The lowest BCUT2D eigenvalue weighted by atomic mass is 10.1. The Bertz CT molecular complexity index is 1190. The molecule has 0 saturated carbocycles. The summed E-state index contributed by atoms with van der Waals surface area (Å²) >= 11 is 1.47. The highest BCUT2D eigenvalue weighted by molar-refractivity contribution is 7.13. The van der Waals surface area contributed by atoms with Crippen molar-refractivity contribution in [2.45, 2.75) is 6.42 Å². The van der Waals surface area contributed by atoms with Gasteiger partial charge in [0.2, 0.25) is 5.91 Å². The predicted molar refractivity (Wildman–Crippen MR) is 117 cm³/mol. The van der Waals surface area contributed by atoms with Gasteiger partial charge in [0.25, 0.3) is 5.91 Å². The maximum Gasteiger partial charge on any atom is 0.287 e. The molecule has 156 valence electrons. The van der Waals surface area contributed by atoms with Crippen molar-refractivity contribution in [3.05, 3.63) is 77.4 Å². The Morgan fingerprint density at radius 1 is 1.03 bits per heavy atom. The second-order valence-electron chi connectivity index (χ2n) is 6.58. The number of benzene rings is 2. The molecule has 0 aliphatic heterocycles. The van der Waals surface area contributed by atoms with Gasteiger partial charge in [-0.15, -0.1) is 11.3 Å². The van der Waals surface area contributed by atoms with Crippen LogP contribution in [0.1, 0.15) is 16.2 Å². The van der Waals surface area contributed by atoms with Gasteiger partial charge in [0.05, 0.1) is 24.9 Å². The summed E-state index contributed by atoms with van der Waals surface area (Å²) < 4.78 is 5.13. The van der Waals surface area contributed by atoms with E-state index in [0.29, 0.717) is 11.4 Å². The van der Waals surface area contributed by atoms with Crippen molar-refractivity contribution in [3.8, 4) is 27.6 Å². The lowest BCUT2D eigenvalue weighted by molar-refractivity contribution is -0.121. The number of hydrogen-bond donors (Lipinski definition) is 3. The third kappa shape index (κ3) is 4.96. The Labute approximate surface area is 182 Å². The van der Waals surface area contributed by atoms with E-state index in [-0.39, 0.29) is 18.0 Å². The molecule has 2 amide bonds. The van der Waals surface area contributed by atoms with Gasteiger partial charge in [0.1, 0.15) is 16.5 Å². The second kappa shape index (κ2) is 9.23. The first-order valence-corrected chi connectivity index (χ1v) is 10.3. The summed E-state index contributed by atoms with van der Waals surface area (Å²) in [5, 5.41) is 9.49. The van der Waals surface area contributed by atoms with Gasteiger partial charge in [0, 0.05) is 16.5 Å². The molecule has 2 heterocycles. The topological polar surface area (TPSA) is 109 Å². The van der Waals surface area contributed by atoms with Gasteiger partial charge in [-0.3, -0.25) is 25.5 Å². The zero-order valence-electron chi connectivity index (χ0n) is 16.6. The van der Waals surface area contributed by atoms with Crippen LogP contribution in [0.4, 0.5) is 0 Å². The maximum absolute atomic E-state index is 12.3. The number of amides is 2. The number of rotatable bonds is 6. The number of hydrazine groups is 1. The molecule has 0 fully saturated rings. The SMILES string of the molecule is COc1ccc(-c2cc(C(=O)NNC(=O)Cc3csc(-c4ccccc4)n3)[nH]n2)cc1. The molecule has 0 bridgehead atoms. The van der Waals surface area contributed by atoms with Crippen LogP contribution in [0.2, 0.25) is 0 Å². The van der Waals surface area contributed by atoms with E-state index in [9.17, 15) is 9.59 Å². The molecule has 4 aromatic rings. The molecule has 2 aromatic carbocycles. The van der Waals surface area contributed by atoms with E-state index in [1.54, 1.807) is 13.2 Å². The number of carbonyl (C=O) groups excluding carboxylic acids is 2. The van der Waals surface area contributed by atoms with Gasteiger partial charge in [-0.2, -0.15) is 5.10 Å². The van der Waals surface area contributed by atoms with Gasteiger partial charge in [0.15, 0.2) is 0 Å². The lowest BCUT2D eigenvalue weighted by Gasteiger charge is -2.04. The van der Waals surface area contributed by atoms with Crippen LogP contribution < -0.4 is 15.6 Å². The average molecular weight is 433 g/mol. The molecule has 3 N–H and O–H groups in total. The molecule has 9 heteroatoms. The van der Waals surface area contributed by atoms with Crippen LogP contribution in [0, 0.1) is 0 Å². The fourth-order valence-electron chi connectivity index (χ4n) is 2.85. The van der Waals surface area contributed by atoms with Crippen LogP contribution in [0.5, 0.6) is 5.75 Å². The zero-order valence-corrected chi connectivity index (χ0v) is 17.4. The molecule has 8 nitrogen and oxygen atoms in total. The lowest BCUT2D eigenvalue weighted by Crippen LogP contribution is -2.42. The molecule has 0 saturated heterocycles. The number of ether oxygens (including phenoxy) is 1. The highest BCUT2D eigenvalue weighted by atomic mass is 32.1. The van der Waals surface area contributed by atoms with Gasteiger partial charge < -0.3 is 4.74 Å². The molecule has 0 aliphatic rings. The van der Waals surface area contributed by atoms with E-state index >= 15 is 0 Å². The number of H-pyrrole nitrogens is 1. The predicted octanol–water partition coefficient (Wildman–Crippen LogP) is 3.21. The summed E-state index contributed by atoms with van der Waals surface area (Å²) in [5.74, 6) is -0.131. The van der Waals surface area contributed by atoms with E-state index in [0.717, 1.165) is 21.9 Å². The Morgan fingerprint density at radius 3 is 2.55 bits per heavy atom. The standard InChI is InChI=1S/C22H19N5O3S/c1-30-17-9-7-14(8-10-17)18-12-19(25-24-18)21(29)27-26-20(28)11-16-13-31-22(23-16)15-5-3-2-4-6-15/h2-10,12-13H,11H2,1H3,(H,24,25)(H,26,28)(H,27,29). The summed E-state index contributed by atoms with van der Waals surface area (Å²) in [4.78, 5) is 29.0. The zero-order chi connectivity index (χ0) is 21.6. The fraction of sp³-hybridized carbons (Fsp3) is 0.0909. The summed E-state index contributed by atoms with van der Waals surface area (Å²) in [6.45, 7) is 0. The molecule has 0 atom stereocenters. The summed E-state index contributed by atoms with van der Waals surface area (Å²) in [6, 6.07) is 18.7. The van der Waals surface area contributed by atoms with Crippen molar-refractivity contribution in [2.75, 3.05) is 7.11 Å². The number of aromatic amines is 1. The smallest absolute Gasteiger partial charge is 0.287 e. The number of nitrogens with zero attached hydrogens (tertiary/aromatic N) is 2. The summed E-state index contributed by atoms with van der Waals surface area (Å²) in [6.07, 6.45) is 0.0592. The van der Waals surface area contributed by atoms with Crippen molar-refractivity contribution in [1.29, 1.82) is 0 Å². The van der Waals surface area contributed by atoms with E-state index in [1.807, 2.05) is 60.0 Å². The van der Waals surface area contributed by atoms with E-state index in [2.05, 4.69) is 26.0 Å². The third-order valence-electron chi connectivity index (χ3n) is 4.44. The minimum absolute atomic E-state index is 0.0592. The Balaban J connectivity index is 1.31. The Morgan fingerprint density at radius 2 is 1.81 bits per heavy atom. The van der Waals surface area contributed by atoms with Gasteiger partial charge >= 0.3 is 0 Å². The quantitative estimate of drug-likeness (QED) is 0.405. The molecular formula is C22H19N5O3S. The highest BCUT2D eigenvalue weighted by Crippen LogP contribution is 2.23. The first kappa shape index (κ1) is 20.3. The van der Waals surface area contributed by atoms with Gasteiger partial charge in [-0.05, 0) is 30.3 Å². The van der Waals surface area contributed by atoms with E-state index < -0.39 is 5.91 Å². The van der Waals surface area contributed by atoms with Crippen LogP contribution in [0.15, 0.2) is 66.0 Å². The van der Waals surface area contributed by atoms with Crippen LogP contribution >= 0.6 is 11.3 Å². The number of methoxy groups -OCH3 is 1. The number of aromatic nitrogens is 3. The Kier molecular flexibility index (Phi) is 6.04. The molecule has 0 unspecified atom stereocenters. The van der Waals surface area contributed by atoms with Crippen LogP contribution in [0.25, 0.3) is 21.8 Å². The molecule has 0 radical (unpaired) electrons. The Hall–Kier alpha value is -3.98. The number of thiazole rings is 1. The van der Waals surface area contributed by atoms with Crippen molar-refractivity contribution in [3.63, 3.8) is 0 Å². The molecule has 2 aromatic heterocycles. The molecule has 4 rings (SSSR count). The van der Waals surface area contributed by atoms with E-state index in [1.165, 1.54) is 11.3 Å². The van der Waals surface area contributed by atoms with Crippen LogP contribution in [0.3, 0.4) is 0 Å². The van der Waals surface area contributed by atoms with Crippen molar-refractivity contribution >= 4 is 23.2 Å². The average Bonchev–Trinajstić information content (AvgIpc) is 3.48. The van der Waals surface area contributed by atoms with Crippen LogP contribution in [-0.2, 0) is 11.2 Å². The summed E-state index contributed by atoms with van der Waals surface area (Å²) in [7, 11) is 1.59. The van der Waals surface area contributed by atoms with E-state index in [4.69, 9.17) is 4.74 Å². The number of hydrogen-bond acceptors (Lipinski definition) is 6. The first-order chi connectivity index (χ1) is 15.1. The van der Waals surface area contributed by atoms with Crippen LogP contribution in [-0.4, -0.2) is 34.1 Å². The maximum atomic E-state index is 12.3. The minimum atomic E-state index is -0.496. The van der Waals surface area contributed by atoms with Gasteiger partial charge in [-0.25, -0.2) is 4.98 Å².